The van der Waals surface area contributed by atoms with Crippen LogP contribution >= 0.6 is 0 Å². The number of ether oxygens (including phenoxy) is 3. The standard InChI is InChI=1S/C25H41N5O17/c1-8(33)27-5-15(36)28-9(2-3-13(26)34)22(42)29-10(24(43)44)4-14(35)30-23-19(40)18(39)21(12(7-32)45-23)47-25-20(41)17(38)16(37)11(6-31)46-25/h9-12,16-21,23,25,31-32,37-41H,2-7H2,1H3,(H2,26,34)(H,27,33)(H,28,36)(H,29,42)(H,30,35)(H,43,44)/t9-,10-,11+,12+,16+,17-,18+,19+,20+,21+,23+,25-/m0/s1. The maximum atomic E-state index is 12.8. The van der Waals surface area contributed by atoms with Crippen molar-refractivity contribution < 1.29 is 83.8 Å². The maximum Gasteiger partial charge on any atom is 0.326 e. The molecule has 0 unspecified atom stereocenters. The van der Waals surface area contributed by atoms with Gasteiger partial charge in [-0.2, -0.15) is 0 Å². The van der Waals surface area contributed by atoms with E-state index < -0.39 is 142 Å². The van der Waals surface area contributed by atoms with E-state index in [0.29, 0.717) is 0 Å². The highest BCUT2D eigenvalue weighted by Gasteiger charge is 2.50. The van der Waals surface area contributed by atoms with Crippen molar-refractivity contribution >= 4 is 35.5 Å². The van der Waals surface area contributed by atoms with Crippen molar-refractivity contribution in [2.24, 2.45) is 5.73 Å². The average Bonchev–Trinajstić information content (AvgIpc) is 3.00. The zero-order valence-corrected chi connectivity index (χ0v) is 25.0. The average molecular weight is 684 g/mol. The zero-order chi connectivity index (χ0) is 35.6. The lowest BCUT2D eigenvalue weighted by Gasteiger charge is -2.46. The molecule has 2 rings (SSSR count). The summed E-state index contributed by atoms with van der Waals surface area (Å²) in [4.78, 5) is 71.8. The van der Waals surface area contributed by atoms with Gasteiger partial charge in [-0.3, -0.25) is 24.0 Å². The van der Waals surface area contributed by atoms with Gasteiger partial charge in [-0.25, -0.2) is 4.79 Å². The largest absolute Gasteiger partial charge is 0.480 e. The first kappa shape index (κ1) is 39.6. The molecule has 12 atom stereocenters. The molecule has 14 N–H and O–H groups in total. The lowest BCUT2D eigenvalue weighted by molar-refractivity contribution is -0.343. The molecule has 2 heterocycles. The second kappa shape index (κ2) is 18.1. The number of carboxylic acid groups (broad SMARTS) is 1. The number of hydrogen-bond donors (Lipinski definition) is 13. The van der Waals surface area contributed by atoms with Crippen LogP contribution in [0.5, 0.6) is 0 Å². The van der Waals surface area contributed by atoms with E-state index in [1.807, 2.05) is 5.32 Å². The Kier molecular flexibility index (Phi) is 15.2. The van der Waals surface area contributed by atoms with Gasteiger partial charge < -0.3 is 82.1 Å². The van der Waals surface area contributed by atoms with E-state index in [-0.39, 0.29) is 6.42 Å². The molecule has 2 fully saturated rings. The summed E-state index contributed by atoms with van der Waals surface area (Å²) in [5, 5.41) is 88.8. The van der Waals surface area contributed by atoms with Crippen LogP contribution in [-0.2, 0) is 43.0 Å². The summed E-state index contributed by atoms with van der Waals surface area (Å²) in [5.41, 5.74) is 5.09. The molecular formula is C25H41N5O17. The van der Waals surface area contributed by atoms with E-state index in [4.69, 9.17) is 19.9 Å². The molecule has 268 valence electrons. The quantitative estimate of drug-likeness (QED) is 0.0718. The van der Waals surface area contributed by atoms with Crippen molar-refractivity contribution in [3.8, 4) is 0 Å². The van der Waals surface area contributed by atoms with E-state index in [9.17, 15) is 69.6 Å². The molecule has 0 aliphatic carbocycles. The van der Waals surface area contributed by atoms with Gasteiger partial charge in [0.2, 0.25) is 29.5 Å². The first-order valence-electron chi connectivity index (χ1n) is 14.2. The normalized spacial score (nSPS) is 31.9. The van der Waals surface area contributed by atoms with E-state index in [1.54, 1.807) is 0 Å². The van der Waals surface area contributed by atoms with Crippen LogP contribution in [0.3, 0.4) is 0 Å². The van der Waals surface area contributed by atoms with Crippen molar-refractivity contribution in [2.75, 3.05) is 19.8 Å². The number of aliphatic hydroxyl groups is 7. The second-order valence-electron chi connectivity index (χ2n) is 10.8. The Morgan fingerprint density at radius 3 is 2.00 bits per heavy atom. The SMILES string of the molecule is CC(=O)NCC(=O)N[C@@H](CCC(N)=O)C(=O)N[C@@H](CC(=O)N[C@@H]1O[C@H](CO)[C@@H](O[C@@H]2O[C@H](CO)[C@@H](O)[C@H](O)[C@H]2O)[C@H](O)[C@H]1O)C(=O)O. The molecule has 0 aromatic rings. The summed E-state index contributed by atoms with van der Waals surface area (Å²) < 4.78 is 16.0. The van der Waals surface area contributed by atoms with Crippen molar-refractivity contribution in [2.45, 2.75) is 99.6 Å². The third-order valence-corrected chi connectivity index (χ3v) is 7.14. The summed E-state index contributed by atoms with van der Waals surface area (Å²) in [5.74, 6) is -6.25. The molecule has 22 nitrogen and oxygen atoms in total. The van der Waals surface area contributed by atoms with Crippen molar-refractivity contribution in [3.63, 3.8) is 0 Å². The zero-order valence-electron chi connectivity index (χ0n) is 25.0. The summed E-state index contributed by atoms with van der Waals surface area (Å²) >= 11 is 0. The van der Waals surface area contributed by atoms with Crippen LogP contribution in [0.2, 0.25) is 0 Å². The Morgan fingerprint density at radius 2 is 1.45 bits per heavy atom. The van der Waals surface area contributed by atoms with Gasteiger partial charge in [0.1, 0.15) is 60.9 Å². The number of aliphatic hydroxyl groups excluding tert-OH is 7. The van der Waals surface area contributed by atoms with Crippen LogP contribution in [-0.4, -0.2) is 170 Å². The predicted octanol–water partition coefficient (Wildman–Crippen LogP) is -8.43. The van der Waals surface area contributed by atoms with Crippen molar-refractivity contribution in [3.05, 3.63) is 0 Å². The molecule has 0 saturated carbocycles. The van der Waals surface area contributed by atoms with E-state index in [1.165, 1.54) is 0 Å². The molecule has 2 aliphatic rings. The van der Waals surface area contributed by atoms with E-state index >= 15 is 0 Å². The Bertz CT molecular complexity index is 1130. The molecule has 0 aromatic heterocycles. The Labute approximate surface area is 266 Å². The van der Waals surface area contributed by atoms with Crippen LogP contribution < -0.4 is 27.0 Å². The molecule has 0 aromatic carbocycles. The smallest absolute Gasteiger partial charge is 0.326 e. The van der Waals surface area contributed by atoms with Crippen molar-refractivity contribution in [1.82, 2.24) is 21.3 Å². The lowest BCUT2D eigenvalue weighted by Crippen LogP contribution is -2.66. The predicted molar refractivity (Wildman–Crippen MR) is 148 cm³/mol. The van der Waals surface area contributed by atoms with Gasteiger partial charge in [0.15, 0.2) is 12.5 Å². The van der Waals surface area contributed by atoms with E-state index in [2.05, 4.69) is 16.0 Å². The Morgan fingerprint density at radius 1 is 0.809 bits per heavy atom. The van der Waals surface area contributed by atoms with Crippen LogP contribution in [0.15, 0.2) is 0 Å². The first-order chi connectivity index (χ1) is 22.0. The molecule has 0 radical (unpaired) electrons. The molecule has 5 amide bonds. The van der Waals surface area contributed by atoms with Crippen LogP contribution in [0.25, 0.3) is 0 Å². The van der Waals surface area contributed by atoms with Gasteiger partial charge in [0, 0.05) is 13.3 Å². The lowest BCUT2D eigenvalue weighted by atomic mass is 9.96. The second-order valence-corrected chi connectivity index (χ2v) is 10.8. The van der Waals surface area contributed by atoms with Crippen molar-refractivity contribution in [1.29, 1.82) is 0 Å². The number of hydrogen-bond acceptors (Lipinski definition) is 16. The monoisotopic (exact) mass is 683 g/mol. The number of aliphatic carboxylic acids is 1. The van der Waals surface area contributed by atoms with Gasteiger partial charge in [-0.05, 0) is 6.42 Å². The minimum absolute atomic E-state index is 0.361. The molecule has 0 spiro atoms. The number of primary amides is 1. The number of carbonyl (C=O) groups is 6. The minimum atomic E-state index is -2.01. The van der Waals surface area contributed by atoms with Crippen LogP contribution in [0.4, 0.5) is 0 Å². The molecule has 47 heavy (non-hydrogen) atoms. The summed E-state index contributed by atoms with van der Waals surface area (Å²) in [6.07, 6.45) is -19.4. The fourth-order valence-corrected chi connectivity index (χ4v) is 4.59. The number of nitrogens with one attached hydrogen (secondary N) is 4. The van der Waals surface area contributed by atoms with Gasteiger partial charge in [-0.15, -0.1) is 0 Å². The fourth-order valence-electron chi connectivity index (χ4n) is 4.59. The Hall–Kier alpha value is -3.58. The number of amides is 5. The third kappa shape index (κ3) is 11.3. The molecule has 2 saturated heterocycles. The topological polar surface area (TPSA) is 366 Å². The van der Waals surface area contributed by atoms with Gasteiger partial charge >= 0.3 is 5.97 Å². The van der Waals surface area contributed by atoms with Gasteiger partial charge in [0.25, 0.3) is 0 Å². The Balaban J connectivity index is 2.07. The number of carboxylic acids is 1. The summed E-state index contributed by atoms with van der Waals surface area (Å²) in [6.45, 7) is -1.12. The molecular weight excluding hydrogens is 642 g/mol. The molecule has 2 aliphatic heterocycles. The maximum absolute atomic E-state index is 12.8. The van der Waals surface area contributed by atoms with Crippen LogP contribution in [0.1, 0.15) is 26.2 Å². The highest BCUT2D eigenvalue weighted by molar-refractivity contribution is 5.93. The van der Waals surface area contributed by atoms with Crippen LogP contribution in [0, 0.1) is 0 Å². The van der Waals surface area contributed by atoms with E-state index in [0.717, 1.165) is 6.92 Å². The fraction of sp³-hybridized carbons (Fsp3) is 0.760. The number of rotatable bonds is 16. The summed E-state index contributed by atoms with van der Waals surface area (Å²) in [7, 11) is 0. The number of carbonyl (C=O) groups excluding carboxylic acids is 5. The highest BCUT2D eigenvalue weighted by atomic mass is 16.7. The highest BCUT2D eigenvalue weighted by Crippen LogP contribution is 2.28. The van der Waals surface area contributed by atoms with Gasteiger partial charge in [0.05, 0.1) is 26.2 Å². The molecule has 22 heteroatoms. The first-order valence-corrected chi connectivity index (χ1v) is 14.2. The minimum Gasteiger partial charge on any atom is -0.480 e. The summed E-state index contributed by atoms with van der Waals surface area (Å²) in [6, 6.07) is -3.44. The third-order valence-electron chi connectivity index (χ3n) is 7.14. The molecule has 0 bridgehead atoms. The van der Waals surface area contributed by atoms with Gasteiger partial charge in [-0.1, -0.05) is 0 Å². The number of nitrogens with two attached hydrogens (primary N) is 1.